The molecule has 2 N–H and O–H groups in total. The second kappa shape index (κ2) is 9.56. The summed E-state index contributed by atoms with van der Waals surface area (Å²) in [6.07, 6.45) is -0.118. The van der Waals surface area contributed by atoms with Crippen LogP contribution in [0.25, 0.3) is 0 Å². The van der Waals surface area contributed by atoms with Crippen LogP contribution in [0.1, 0.15) is 25.8 Å². The van der Waals surface area contributed by atoms with Crippen molar-refractivity contribution in [3.8, 4) is 5.75 Å². The highest BCUT2D eigenvalue weighted by Gasteiger charge is 2.55. The van der Waals surface area contributed by atoms with Crippen molar-refractivity contribution in [1.82, 2.24) is 9.62 Å². The Labute approximate surface area is 213 Å². The molecule has 1 amide bonds. The van der Waals surface area contributed by atoms with Crippen molar-refractivity contribution in [2.75, 3.05) is 25.4 Å². The SMILES string of the molecule is CCS(=O)(=O)NCC(=O)N1CCC(=S(=O)(O)c2ccc(Cl)cc2)[C@]2(C)c3c(F)ccc(F)c3OC[C@H]12. The molecule has 2 aromatic rings. The van der Waals surface area contributed by atoms with Gasteiger partial charge in [0.2, 0.25) is 15.9 Å². The number of benzene rings is 2. The lowest BCUT2D eigenvalue weighted by molar-refractivity contribution is -0.135. The summed E-state index contributed by atoms with van der Waals surface area (Å²) in [5.74, 6) is -2.95. The third kappa shape index (κ3) is 4.49. The Bertz CT molecular complexity index is 1440. The van der Waals surface area contributed by atoms with E-state index in [0.29, 0.717) is 5.02 Å². The zero-order chi connectivity index (χ0) is 26.5. The van der Waals surface area contributed by atoms with Crippen LogP contribution in [0.15, 0.2) is 41.3 Å². The number of piperidine rings is 1. The minimum absolute atomic E-state index is 0.00885. The maximum atomic E-state index is 15.3. The maximum Gasteiger partial charge on any atom is 0.238 e. The molecule has 2 aliphatic heterocycles. The van der Waals surface area contributed by atoms with Crippen LogP contribution in [0.2, 0.25) is 5.02 Å². The van der Waals surface area contributed by atoms with E-state index in [4.69, 9.17) is 16.3 Å². The standard InChI is InChI=1S/C23H25ClF2N2O6S2/c1-3-35(30,31)27-12-20(29)28-11-10-19(36(32,33)15-6-4-14(24)5-7-15)23(2)18(28)13-34-22-17(26)9-8-16(25)21(22)23/h4-9,18,27H,3,10-13H2,1-2H3,(H,32,33)/t18-,23+/m0/s1. The summed E-state index contributed by atoms with van der Waals surface area (Å²) in [4.78, 5) is 14.4. The molecular formula is C23H25ClF2N2O6S2. The molecule has 36 heavy (non-hydrogen) atoms. The number of halogens is 3. The number of fused-ring (bicyclic) bond motifs is 3. The number of likely N-dealkylation sites (tertiary alicyclic amines) is 1. The van der Waals surface area contributed by atoms with Gasteiger partial charge in [-0.15, -0.1) is 0 Å². The van der Waals surface area contributed by atoms with Crippen LogP contribution in [0.4, 0.5) is 8.78 Å². The number of sulfonamides is 1. The molecule has 13 heteroatoms. The molecule has 2 heterocycles. The molecule has 0 aliphatic carbocycles. The molecule has 1 unspecified atom stereocenters. The van der Waals surface area contributed by atoms with Crippen LogP contribution in [-0.4, -0.2) is 64.3 Å². The van der Waals surface area contributed by atoms with E-state index in [2.05, 4.69) is 4.72 Å². The Morgan fingerprint density at radius 1 is 1.19 bits per heavy atom. The highest BCUT2D eigenvalue weighted by Crippen LogP contribution is 2.48. The van der Waals surface area contributed by atoms with Gasteiger partial charge in [0.1, 0.15) is 22.2 Å². The second-order valence-electron chi connectivity index (χ2n) is 8.73. The van der Waals surface area contributed by atoms with Crippen molar-refractivity contribution < 1.29 is 35.5 Å². The monoisotopic (exact) mass is 562 g/mol. The van der Waals surface area contributed by atoms with Gasteiger partial charge < -0.3 is 14.2 Å². The van der Waals surface area contributed by atoms with E-state index in [9.17, 15) is 26.4 Å². The van der Waals surface area contributed by atoms with E-state index in [1.807, 2.05) is 0 Å². The third-order valence-corrected chi connectivity index (χ3v) is 10.6. The first-order valence-electron chi connectivity index (χ1n) is 11.1. The summed E-state index contributed by atoms with van der Waals surface area (Å²) in [6, 6.07) is 6.46. The number of rotatable bonds is 5. The largest absolute Gasteiger partial charge is 0.488 e. The molecule has 0 saturated carbocycles. The van der Waals surface area contributed by atoms with Gasteiger partial charge in [-0.3, -0.25) is 4.79 Å². The fourth-order valence-corrected chi connectivity index (χ4v) is 7.52. The van der Waals surface area contributed by atoms with Crippen LogP contribution in [0, 0.1) is 11.6 Å². The predicted molar refractivity (Wildman–Crippen MR) is 132 cm³/mol. The van der Waals surface area contributed by atoms with Crippen molar-refractivity contribution in [3.63, 3.8) is 0 Å². The summed E-state index contributed by atoms with van der Waals surface area (Å²) >= 11 is 5.94. The van der Waals surface area contributed by atoms with Gasteiger partial charge in [0.15, 0.2) is 11.6 Å². The first-order valence-corrected chi connectivity index (χ1v) is 14.6. The average Bonchev–Trinajstić information content (AvgIpc) is 2.83. The second-order valence-corrected chi connectivity index (χ2v) is 13.3. The molecule has 0 aromatic heterocycles. The Balaban J connectivity index is 1.90. The van der Waals surface area contributed by atoms with Crippen molar-refractivity contribution in [3.05, 3.63) is 58.6 Å². The summed E-state index contributed by atoms with van der Waals surface area (Å²) in [5.41, 5.74) is -1.90. The first-order chi connectivity index (χ1) is 16.8. The first kappa shape index (κ1) is 26.8. The average molecular weight is 563 g/mol. The molecule has 0 spiro atoms. The molecule has 4 rings (SSSR count). The Hall–Kier alpha value is -2.25. The van der Waals surface area contributed by atoms with Crippen molar-refractivity contribution in [2.45, 2.75) is 36.6 Å². The van der Waals surface area contributed by atoms with E-state index in [1.54, 1.807) is 0 Å². The summed E-state index contributed by atoms with van der Waals surface area (Å²) < 4.78 is 86.8. The van der Waals surface area contributed by atoms with Gasteiger partial charge in [0.05, 0.1) is 28.6 Å². The quantitative estimate of drug-likeness (QED) is 0.542. The van der Waals surface area contributed by atoms with E-state index >= 15 is 4.39 Å². The third-order valence-electron chi connectivity index (χ3n) is 6.78. The maximum absolute atomic E-state index is 15.3. The van der Waals surface area contributed by atoms with Crippen LogP contribution < -0.4 is 9.46 Å². The molecule has 0 radical (unpaired) electrons. The van der Waals surface area contributed by atoms with Gasteiger partial charge in [-0.2, -0.15) is 0 Å². The Kier molecular flexibility index (Phi) is 7.12. The molecule has 8 nitrogen and oxygen atoms in total. The topological polar surface area (TPSA) is 113 Å². The number of carbonyl (C=O) groups excluding carboxylic acids is 1. The highest BCUT2D eigenvalue weighted by molar-refractivity contribution is 7.97. The zero-order valence-corrected chi connectivity index (χ0v) is 21.9. The van der Waals surface area contributed by atoms with Gasteiger partial charge in [-0.25, -0.2) is 26.1 Å². The van der Waals surface area contributed by atoms with E-state index in [1.165, 1.54) is 43.0 Å². The van der Waals surface area contributed by atoms with E-state index in [-0.39, 0.29) is 40.6 Å². The van der Waals surface area contributed by atoms with Gasteiger partial charge in [-0.05, 0) is 56.7 Å². The smallest absolute Gasteiger partial charge is 0.238 e. The van der Waals surface area contributed by atoms with E-state index in [0.717, 1.165) is 12.1 Å². The molecule has 3 atom stereocenters. The number of ether oxygens (including phenoxy) is 1. The van der Waals surface area contributed by atoms with Gasteiger partial charge in [0.25, 0.3) is 0 Å². The molecule has 1 saturated heterocycles. The van der Waals surface area contributed by atoms with Crippen LogP contribution in [0.3, 0.4) is 0 Å². The van der Waals surface area contributed by atoms with Gasteiger partial charge >= 0.3 is 0 Å². The minimum Gasteiger partial charge on any atom is -0.488 e. The molecule has 2 aromatic carbocycles. The number of nitrogens with zero attached hydrogens (tertiary/aromatic N) is 1. The van der Waals surface area contributed by atoms with Crippen LogP contribution in [-0.2, 0) is 30.0 Å². The van der Waals surface area contributed by atoms with Crippen LogP contribution in [0.5, 0.6) is 5.75 Å². The van der Waals surface area contributed by atoms with Crippen LogP contribution >= 0.6 is 11.6 Å². The van der Waals surface area contributed by atoms with Crippen molar-refractivity contribution >= 4 is 42.2 Å². The fourth-order valence-electron chi connectivity index (χ4n) is 4.88. The molecular weight excluding hydrogens is 538 g/mol. The molecule has 0 bridgehead atoms. The number of hydrogen-bond donors (Lipinski definition) is 2. The Morgan fingerprint density at radius 3 is 2.47 bits per heavy atom. The van der Waals surface area contributed by atoms with Crippen molar-refractivity contribution in [2.24, 2.45) is 0 Å². The lowest BCUT2D eigenvalue weighted by atomic mass is 9.68. The van der Waals surface area contributed by atoms with Gasteiger partial charge in [-0.1, -0.05) is 11.6 Å². The fraction of sp³-hybridized carbons (Fsp3) is 0.391. The number of nitrogens with one attached hydrogen (secondary N) is 1. The lowest BCUT2D eigenvalue weighted by Crippen LogP contribution is -2.66. The summed E-state index contributed by atoms with van der Waals surface area (Å²) in [5, 5.41) is 0.350. The molecule has 196 valence electrons. The van der Waals surface area contributed by atoms with E-state index < -0.39 is 61.1 Å². The zero-order valence-electron chi connectivity index (χ0n) is 19.5. The summed E-state index contributed by atoms with van der Waals surface area (Å²) in [6.45, 7) is 2.00. The number of hydrogen-bond acceptors (Lipinski definition) is 5. The Morgan fingerprint density at radius 2 is 1.83 bits per heavy atom. The lowest BCUT2D eigenvalue weighted by Gasteiger charge is -2.52. The molecule has 1 fully saturated rings. The normalized spacial score (nSPS) is 23.3. The predicted octanol–water partition coefficient (Wildman–Crippen LogP) is 2.80. The summed E-state index contributed by atoms with van der Waals surface area (Å²) in [7, 11) is -7.63. The molecule has 2 aliphatic rings. The number of amides is 1. The minimum atomic E-state index is -3.95. The highest BCUT2D eigenvalue weighted by atomic mass is 35.5. The number of carbonyl (C=O) groups is 1. The van der Waals surface area contributed by atoms with Gasteiger partial charge in [0, 0.05) is 22.0 Å². The van der Waals surface area contributed by atoms with Crippen molar-refractivity contribution in [1.29, 1.82) is 0 Å².